The van der Waals surface area contributed by atoms with Crippen molar-refractivity contribution in [3.8, 4) is 0 Å². The van der Waals surface area contributed by atoms with Crippen LogP contribution in [-0.4, -0.2) is 80.0 Å². The maximum atomic E-state index is 14.2. The summed E-state index contributed by atoms with van der Waals surface area (Å²) in [5, 5.41) is 21.6. The number of benzene rings is 3. The zero-order valence-corrected chi connectivity index (χ0v) is 38.9. The average molecular weight is 891 g/mol. The van der Waals surface area contributed by atoms with Gasteiger partial charge in [0.1, 0.15) is 29.3 Å². The molecule has 1 heterocycles. The quantitative estimate of drug-likeness (QED) is 0.0583. The van der Waals surface area contributed by atoms with Crippen LogP contribution in [0, 0.1) is 11.8 Å². The minimum Gasteiger partial charge on any atom is -0.439 e. The van der Waals surface area contributed by atoms with Crippen LogP contribution in [0.2, 0.25) is 0 Å². The molecule has 1 aliphatic heterocycles. The molecule has 5 N–H and O–H groups in total. The van der Waals surface area contributed by atoms with Crippen molar-refractivity contribution < 1.29 is 38.5 Å². The van der Waals surface area contributed by atoms with Gasteiger partial charge in [-0.2, -0.15) is 0 Å². The third-order valence-electron chi connectivity index (χ3n) is 12.1. The molecule has 11 nitrogen and oxygen atoms in total. The molecule has 3 aromatic carbocycles. The van der Waals surface area contributed by atoms with E-state index >= 15 is 0 Å². The maximum absolute atomic E-state index is 14.2. The smallest absolute Gasteiger partial charge is 0.405 e. The van der Waals surface area contributed by atoms with Crippen LogP contribution < -0.4 is 32.3 Å². The summed E-state index contributed by atoms with van der Waals surface area (Å²) in [5.41, 5.74) is 6.67. The van der Waals surface area contributed by atoms with Gasteiger partial charge in [0.25, 0.3) is 5.91 Å². The number of nitrogens with one attached hydrogen (secondary N) is 2. The monoisotopic (exact) mass is 890 g/mol. The average Bonchev–Trinajstić information content (AvgIpc) is 3.29. The summed E-state index contributed by atoms with van der Waals surface area (Å²) in [6, 6.07) is 32.6. The van der Waals surface area contributed by atoms with E-state index in [4.69, 9.17) is 19.9 Å². The van der Waals surface area contributed by atoms with Crippen molar-refractivity contribution in [2.45, 2.75) is 90.6 Å². The second-order valence-corrected chi connectivity index (χ2v) is 20.4. The van der Waals surface area contributed by atoms with Crippen LogP contribution in [0.15, 0.2) is 149 Å². The number of aliphatic hydroxyl groups excluding tert-OH is 1. The highest BCUT2D eigenvalue weighted by Crippen LogP contribution is 2.56. The minimum absolute atomic E-state index is 0.110. The number of primary amides is 1. The third-order valence-corrected chi connectivity index (χ3v) is 16.6. The summed E-state index contributed by atoms with van der Waals surface area (Å²) in [6.45, 7) is 7.58. The molecule has 0 saturated heterocycles. The number of allylic oxidation sites excluding steroid dienone is 4. The molecule has 2 bridgehead atoms. The van der Waals surface area contributed by atoms with Crippen LogP contribution in [0.4, 0.5) is 4.79 Å². The first-order valence-corrected chi connectivity index (χ1v) is 24.1. The molecule has 3 aromatic rings. The van der Waals surface area contributed by atoms with Crippen molar-refractivity contribution in [1.29, 1.82) is 0 Å². The van der Waals surface area contributed by atoms with Gasteiger partial charge in [-0.15, -0.1) is 0 Å². The lowest BCUT2D eigenvalue weighted by atomic mass is 9.85. The van der Waals surface area contributed by atoms with E-state index in [2.05, 4.69) is 102 Å². The molecule has 12 heteroatoms. The number of methoxy groups -OCH3 is 2. The topological polar surface area (TPSA) is 166 Å². The van der Waals surface area contributed by atoms with Gasteiger partial charge < -0.3 is 35.7 Å². The molecular formula is C52H65N3O8P+. The molecular weight excluding hydrogens is 826 g/mol. The molecule has 0 spiro atoms. The van der Waals surface area contributed by atoms with Gasteiger partial charge in [0.2, 0.25) is 11.6 Å². The summed E-state index contributed by atoms with van der Waals surface area (Å²) in [4.78, 5) is 53.4. The second-order valence-electron chi connectivity index (χ2n) is 16.8. The Morgan fingerprint density at radius 1 is 0.844 bits per heavy atom. The van der Waals surface area contributed by atoms with E-state index in [1.807, 2.05) is 13.8 Å². The molecule has 0 fully saturated rings. The molecule has 2 aliphatic rings. The fourth-order valence-corrected chi connectivity index (χ4v) is 13.1. The number of ketones is 2. The first kappa shape index (κ1) is 49.6. The summed E-state index contributed by atoms with van der Waals surface area (Å²) in [5.74, 6) is -2.09. The van der Waals surface area contributed by atoms with E-state index in [-0.39, 0.29) is 34.9 Å². The van der Waals surface area contributed by atoms with Gasteiger partial charge in [0, 0.05) is 43.9 Å². The van der Waals surface area contributed by atoms with Gasteiger partial charge in [0.15, 0.2) is 6.10 Å². The van der Waals surface area contributed by atoms with Crippen molar-refractivity contribution in [3.63, 3.8) is 0 Å². The van der Waals surface area contributed by atoms with E-state index in [9.17, 15) is 24.3 Å². The number of fused-ring (bicyclic) bond motifs is 2. The SMILES string of the molecule is CO[C@H]1C=C/C=C(\C)C(=O)NC2=CC(=O)C(NCCCCCC[P+](c3ccccc3)(c3ccccc3)c3ccccc3)=C(C[C@@H](C)C[C@H](OC)[C@H](O)[C@@H](C)/C=C(/C)[C@@H]1OC(N)=O)C2=O. The Labute approximate surface area is 379 Å². The number of carbonyl (C=O) groups excluding carboxylic acids is 4. The van der Waals surface area contributed by atoms with Gasteiger partial charge in [-0.3, -0.25) is 14.4 Å². The van der Waals surface area contributed by atoms with Crippen molar-refractivity contribution >= 4 is 46.7 Å². The van der Waals surface area contributed by atoms with Crippen molar-refractivity contribution in [2.24, 2.45) is 17.6 Å². The summed E-state index contributed by atoms with van der Waals surface area (Å²) in [6.07, 6.45) is 8.61. The van der Waals surface area contributed by atoms with Crippen LogP contribution in [0.5, 0.6) is 0 Å². The number of rotatable bonds is 14. The van der Waals surface area contributed by atoms with Crippen LogP contribution in [0.25, 0.3) is 0 Å². The second kappa shape index (κ2) is 24.0. The Balaban J connectivity index is 1.34. The van der Waals surface area contributed by atoms with E-state index < -0.39 is 61.2 Å². The van der Waals surface area contributed by atoms with Gasteiger partial charge >= 0.3 is 6.09 Å². The normalized spacial score (nSPS) is 24.5. The molecule has 5 rings (SSSR count). The van der Waals surface area contributed by atoms with Crippen LogP contribution in [0.1, 0.15) is 66.2 Å². The number of hydrogen-bond acceptors (Lipinski definition) is 9. The molecule has 340 valence electrons. The zero-order chi connectivity index (χ0) is 46.2. The molecule has 0 unspecified atom stereocenters. The van der Waals surface area contributed by atoms with E-state index in [0.717, 1.165) is 31.8 Å². The number of carbonyl (C=O) groups is 4. The highest BCUT2D eigenvalue weighted by atomic mass is 31.2. The molecule has 1 aliphatic carbocycles. The number of ether oxygens (including phenoxy) is 3. The fraction of sp³-hybridized carbons (Fsp3) is 0.385. The van der Waals surface area contributed by atoms with Gasteiger partial charge in [0.05, 0.1) is 29.8 Å². The van der Waals surface area contributed by atoms with Crippen LogP contribution in [0.3, 0.4) is 0 Å². The Morgan fingerprint density at radius 3 is 1.97 bits per heavy atom. The van der Waals surface area contributed by atoms with Gasteiger partial charge in [-0.25, -0.2) is 4.79 Å². The standard InChI is InChI=1S/C52H64N3O8P/c1-35-31-42-47(54-29-18-7-8-19-30-64(39-22-12-9-13-23-39,40-24-14-10-15-25-40)41-26-16-11-17-27-41)44(56)34-43(49(42)58)55-51(59)36(2)21-20-28-45(61-5)50(63-52(53)60)38(4)33-37(3)48(57)46(32-35)62-6/h9-17,20-28,33-35,37,45-46,48,50,57H,7-8,18-19,29-32H2,1-6H3,(H3-,53,54,55,56,58,59,60)/p+1/b28-20?,36-21+,38-33-/t35-,37+,45+,46+,48-,50+/m1/s1. The molecule has 0 radical (unpaired) electrons. The lowest BCUT2D eigenvalue weighted by Gasteiger charge is -2.30. The zero-order valence-electron chi connectivity index (χ0n) is 38.0. The number of amides is 2. The summed E-state index contributed by atoms with van der Waals surface area (Å²) >= 11 is 0. The molecule has 0 saturated carbocycles. The Kier molecular flexibility index (Phi) is 18.6. The first-order chi connectivity index (χ1) is 30.8. The number of hydrogen-bond donors (Lipinski definition) is 4. The Bertz CT molecular complexity index is 2120. The van der Waals surface area contributed by atoms with Crippen molar-refractivity contribution in [3.05, 3.63) is 149 Å². The predicted octanol–water partition coefficient (Wildman–Crippen LogP) is 6.91. The predicted molar refractivity (Wildman–Crippen MR) is 256 cm³/mol. The first-order valence-electron chi connectivity index (χ1n) is 22.2. The highest BCUT2D eigenvalue weighted by molar-refractivity contribution is 7.95. The molecule has 0 aromatic heterocycles. The van der Waals surface area contributed by atoms with E-state index in [1.54, 1.807) is 32.1 Å². The largest absolute Gasteiger partial charge is 0.439 e. The number of aliphatic hydroxyl groups is 1. The van der Waals surface area contributed by atoms with Crippen molar-refractivity contribution in [1.82, 2.24) is 10.6 Å². The fourth-order valence-electron chi connectivity index (χ4n) is 8.70. The number of Topliss-reactive ketones (excluding diaryl/α,β-unsaturated/α-hetero) is 1. The van der Waals surface area contributed by atoms with Gasteiger partial charge in [-0.05, 0) is 93.8 Å². The number of unbranched alkanes of at least 4 members (excludes halogenated alkanes) is 3. The van der Waals surface area contributed by atoms with Crippen molar-refractivity contribution in [2.75, 3.05) is 26.9 Å². The van der Waals surface area contributed by atoms with E-state index in [1.165, 1.54) is 42.3 Å². The molecule has 64 heavy (non-hydrogen) atoms. The van der Waals surface area contributed by atoms with Crippen LogP contribution >= 0.6 is 7.26 Å². The lowest BCUT2D eigenvalue weighted by Crippen LogP contribution is -2.38. The third kappa shape index (κ3) is 12.6. The Hall–Kier alpha value is -5.45. The molecule has 6 atom stereocenters. The molecule has 2 amide bonds. The van der Waals surface area contributed by atoms with Crippen LogP contribution in [-0.2, 0) is 28.6 Å². The van der Waals surface area contributed by atoms with Gasteiger partial charge in [-0.1, -0.05) is 99.2 Å². The summed E-state index contributed by atoms with van der Waals surface area (Å²) < 4.78 is 16.9. The maximum Gasteiger partial charge on any atom is 0.405 e. The number of nitrogens with two attached hydrogens (primary N) is 1. The Morgan fingerprint density at radius 2 is 1.42 bits per heavy atom. The lowest BCUT2D eigenvalue weighted by molar-refractivity contribution is -0.120. The highest BCUT2D eigenvalue weighted by Gasteiger charge is 2.44. The minimum atomic E-state index is -1.94. The van der Waals surface area contributed by atoms with E-state index in [0.29, 0.717) is 18.5 Å². The summed E-state index contributed by atoms with van der Waals surface area (Å²) in [7, 11) is 1.03.